The topological polar surface area (TPSA) is 50.4 Å². The van der Waals surface area contributed by atoms with Crippen LogP contribution in [0.2, 0.25) is 0 Å². The van der Waals surface area contributed by atoms with E-state index in [-0.39, 0.29) is 11.6 Å². The van der Waals surface area contributed by atoms with Crippen molar-refractivity contribution in [2.75, 3.05) is 6.54 Å². The monoisotopic (exact) mass is 244 g/mol. The zero-order valence-corrected chi connectivity index (χ0v) is 12.3. The molecule has 0 aliphatic rings. The molecule has 0 aliphatic heterocycles. The second-order valence-electron chi connectivity index (χ2n) is 6.20. The summed E-state index contributed by atoms with van der Waals surface area (Å²) in [6, 6.07) is 0.453. The molecule has 1 amide bonds. The molecule has 0 radical (unpaired) electrons. The third-order valence-electron chi connectivity index (χ3n) is 2.34. The predicted molar refractivity (Wildman–Crippen MR) is 71.2 cm³/mol. The molecule has 0 heterocycles. The number of hydrogen-bond acceptors (Lipinski definition) is 3. The Bertz CT molecular complexity index is 244. The van der Waals surface area contributed by atoms with Gasteiger partial charge in [0.25, 0.3) is 0 Å². The number of rotatable bonds is 5. The van der Waals surface area contributed by atoms with Crippen LogP contribution in [-0.2, 0) is 4.74 Å². The number of nitrogens with one attached hydrogen (secondary N) is 2. The Hall–Kier alpha value is -0.770. The zero-order chi connectivity index (χ0) is 13.7. The van der Waals surface area contributed by atoms with Gasteiger partial charge >= 0.3 is 6.09 Å². The minimum atomic E-state index is -0.454. The Labute approximate surface area is 105 Å². The third kappa shape index (κ3) is 8.98. The van der Waals surface area contributed by atoms with Crippen LogP contribution in [0.1, 0.15) is 54.9 Å². The maximum Gasteiger partial charge on any atom is 0.408 e. The Kier molecular flexibility index (Phi) is 5.96. The molecule has 0 fully saturated rings. The van der Waals surface area contributed by atoms with Crippen molar-refractivity contribution in [1.82, 2.24) is 10.6 Å². The van der Waals surface area contributed by atoms with Gasteiger partial charge in [-0.05, 0) is 48.0 Å². The van der Waals surface area contributed by atoms with Crippen molar-refractivity contribution in [3.63, 3.8) is 0 Å². The molecule has 0 aromatic rings. The van der Waals surface area contributed by atoms with E-state index in [4.69, 9.17) is 4.74 Å². The van der Waals surface area contributed by atoms with Crippen molar-refractivity contribution in [3.05, 3.63) is 0 Å². The summed E-state index contributed by atoms with van der Waals surface area (Å²) in [5.41, 5.74) is -0.768. The van der Waals surface area contributed by atoms with Crippen molar-refractivity contribution in [2.24, 2.45) is 0 Å². The van der Waals surface area contributed by atoms with Gasteiger partial charge in [0.1, 0.15) is 5.60 Å². The van der Waals surface area contributed by atoms with E-state index in [0.717, 1.165) is 13.0 Å². The first-order chi connectivity index (χ1) is 7.56. The fraction of sp³-hybridized carbons (Fsp3) is 0.923. The van der Waals surface area contributed by atoms with Crippen molar-refractivity contribution in [3.8, 4) is 0 Å². The van der Waals surface area contributed by atoms with Gasteiger partial charge in [0, 0.05) is 12.6 Å². The van der Waals surface area contributed by atoms with E-state index in [1.807, 2.05) is 34.6 Å². The summed E-state index contributed by atoms with van der Waals surface area (Å²) in [4.78, 5) is 11.6. The summed E-state index contributed by atoms with van der Waals surface area (Å²) in [6.07, 6.45) is 0.705. The second-order valence-corrected chi connectivity index (χ2v) is 6.20. The molecule has 4 nitrogen and oxygen atoms in total. The Morgan fingerprint density at radius 1 is 1.24 bits per heavy atom. The van der Waals surface area contributed by atoms with E-state index in [0.29, 0.717) is 6.04 Å². The van der Waals surface area contributed by atoms with Crippen LogP contribution in [0.25, 0.3) is 0 Å². The molecule has 0 aromatic heterocycles. The fourth-order valence-electron chi connectivity index (χ4n) is 1.20. The second kappa shape index (κ2) is 6.24. The molecule has 0 rings (SSSR count). The lowest BCUT2D eigenvalue weighted by Crippen LogP contribution is -2.52. The molecule has 0 saturated heterocycles. The number of amides is 1. The molecule has 0 saturated carbocycles. The number of carbonyl (C=O) groups excluding carboxylic acids is 1. The lowest BCUT2D eigenvalue weighted by molar-refractivity contribution is 0.0471. The molecule has 1 unspecified atom stereocenters. The normalized spacial score (nSPS) is 14.3. The van der Waals surface area contributed by atoms with E-state index in [9.17, 15) is 4.79 Å². The molecular formula is C13H28N2O2. The molecule has 2 N–H and O–H groups in total. The SMILES string of the molecule is CCC(C)NCC(C)(C)NC(=O)OC(C)(C)C. The largest absolute Gasteiger partial charge is 0.444 e. The van der Waals surface area contributed by atoms with Crippen molar-refractivity contribution in [2.45, 2.75) is 72.1 Å². The first-order valence-electron chi connectivity index (χ1n) is 6.30. The summed E-state index contributed by atoms with van der Waals surface area (Å²) >= 11 is 0. The summed E-state index contributed by atoms with van der Waals surface area (Å²) in [7, 11) is 0. The summed E-state index contributed by atoms with van der Waals surface area (Å²) in [6.45, 7) is 14.5. The molecule has 102 valence electrons. The number of ether oxygens (including phenoxy) is 1. The third-order valence-corrected chi connectivity index (χ3v) is 2.34. The van der Waals surface area contributed by atoms with E-state index in [1.54, 1.807) is 0 Å². The van der Waals surface area contributed by atoms with Crippen LogP contribution in [-0.4, -0.2) is 29.8 Å². The molecule has 1 atom stereocenters. The molecule has 4 heteroatoms. The van der Waals surface area contributed by atoms with Gasteiger partial charge < -0.3 is 15.4 Å². The van der Waals surface area contributed by atoms with Gasteiger partial charge in [0.05, 0.1) is 5.54 Å². The molecular weight excluding hydrogens is 216 g/mol. The fourth-order valence-corrected chi connectivity index (χ4v) is 1.20. The van der Waals surface area contributed by atoms with Gasteiger partial charge in [-0.1, -0.05) is 6.92 Å². The van der Waals surface area contributed by atoms with Crippen LogP contribution >= 0.6 is 0 Å². The van der Waals surface area contributed by atoms with Crippen molar-refractivity contribution < 1.29 is 9.53 Å². The van der Waals surface area contributed by atoms with Gasteiger partial charge in [-0.15, -0.1) is 0 Å². The molecule has 17 heavy (non-hydrogen) atoms. The maximum absolute atomic E-state index is 11.6. The number of alkyl carbamates (subject to hydrolysis) is 1. The zero-order valence-electron chi connectivity index (χ0n) is 12.3. The van der Waals surface area contributed by atoms with E-state index in [2.05, 4.69) is 24.5 Å². The highest BCUT2D eigenvalue weighted by Crippen LogP contribution is 2.09. The van der Waals surface area contributed by atoms with E-state index < -0.39 is 5.60 Å². The minimum absolute atomic E-state index is 0.314. The summed E-state index contributed by atoms with van der Waals surface area (Å²) in [5, 5.41) is 6.24. The molecule has 0 aliphatic carbocycles. The Morgan fingerprint density at radius 2 is 1.76 bits per heavy atom. The maximum atomic E-state index is 11.6. The number of carbonyl (C=O) groups is 1. The molecule has 0 aromatic carbocycles. The molecule has 0 bridgehead atoms. The van der Waals surface area contributed by atoms with Crippen LogP contribution in [0.5, 0.6) is 0 Å². The standard InChI is InChI=1S/C13H28N2O2/c1-8-10(2)14-9-13(6,7)15-11(16)17-12(3,4)5/h10,14H,8-9H2,1-7H3,(H,15,16). The predicted octanol–water partition coefficient (Wildman–Crippen LogP) is 2.68. The summed E-state index contributed by atoms with van der Waals surface area (Å²) < 4.78 is 5.23. The quantitative estimate of drug-likeness (QED) is 0.781. The average molecular weight is 244 g/mol. The van der Waals surface area contributed by atoms with Crippen molar-refractivity contribution in [1.29, 1.82) is 0 Å². The molecule has 0 spiro atoms. The summed E-state index contributed by atoms with van der Waals surface area (Å²) in [5.74, 6) is 0. The lowest BCUT2D eigenvalue weighted by atomic mass is 10.1. The van der Waals surface area contributed by atoms with Gasteiger partial charge in [-0.25, -0.2) is 4.79 Å². The van der Waals surface area contributed by atoms with Crippen LogP contribution in [0.3, 0.4) is 0 Å². The highest BCUT2D eigenvalue weighted by molar-refractivity contribution is 5.68. The Balaban J connectivity index is 4.11. The highest BCUT2D eigenvalue weighted by Gasteiger charge is 2.24. The van der Waals surface area contributed by atoms with Gasteiger partial charge in [-0.3, -0.25) is 0 Å². The first-order valence-corrected chi connectivity index (χ1v) is 6.30. The average Bonchev–Trinajstić information content (AvgIpc) is 2.10. The van der Waals surface area contributed by atoms with E-state index >= 15 is 0 Å². The number of hydrogen-bond donors (Lipinski definition) is 2. The van der Waals surface area contributed by atoms with E-state index in [1.165, 1.54) is 0 Å². The van der Waals surface area contributed by atoms with Crippen LogP contribution in [0.15, 0.2) is 0 Å². The Morgan fingerprint density at radius 3 is 2.18 bits per heavy atom. The van der Waals surface area contributed by atoms with Crippen LogP contribution in [0, 0.1) is 0 Å². The first kappa shape index (κ1) is 16.2. The van der Waals surface area contributed by atoms with Gasteiger partial charge in [0.15, 0.2) is 0 Å². The minimum Gasteiger partial charge on any atom is -0.444 e. The smallest absolute Gasteiger partial charge is 0.408 e. The van der Waals surface area contributed by atoms with Crippen LogP contribution < -0.4 is 10.6 Å². The van der Waals surface area contributed by atoms with Gasteiger partial charge in [-0.2, -0.15) is 0 Å². The van der Waals surface area contributed by atoms with Crippen LogP contribution in [0.4, 0.5) is 4.79 Å². The lowest BCUT2D eigenvalue weighted by Gasteiger charge is -2.30. The van der Waals surface area contributed by atoms with Gasteiger partial charge in [0.2, 0.25) is 0 Å². The van der Waals surface area contributed by atoms with Crippen molar-refractivity contribution >= 4 is 6.09 Å². The highest BCUT2D eigenvalue weighted by atomic mass is 16.6.